The zero-order valence-electron chi connectivity index (χ0n) is 12.0. The van der Waals surface area contributed by atoms with E-state index >= 15 is 0 Å². The Bertz CT molecular complexity index is 472. The number of piperazine rings is 1. The van der Waals surface area contributed by atoms with Crippen LogP contribution in [0.3, 0.4) is 0 Å². The van der Waals surface area contributed by atoms with Gasteiger partial charge in [-0.15, -0.1) is 0 Å². The predicted octanol–water partition coefficient (Wildman–Crippen LogP) is 1.30. The number of benzene rings is 1. The Morgan fingerprint density at radius 1 is 1.37 bits per heavy atom. The molecule has 0 bridgehead atoms. The van der Waals surface area contributed by atoms with Crippen molar-refractivity contribution in [2.24, 2.45) is 5.73 Å². The van der Waals surface area contributed by atoms with E-state index in [0.29, 0.717) is 13.1 Å². The zero-order valence-corrected chi connectivity index (χ0v) is 12.0. The fourth-order valence-corrected chi connectivity index (χ4v) is 2.66. The molecule has 104 valence electrons. The number of carbonyl (C=O) groups is 1. The van der Waals surface area contributed by atoms with Crippen LogP contribution in [0, 0.1) is 13.8 Å². The van der Waals surface area contributed by atoms with Gasteiger partial charge in [-0.2, -0.15) is 0 Å². The Balaban J connectivity index is 2.25. The number of rotatable bonds is 3. The van der Waals surface area contributed by atoms with Gasteiger partial charge in [0, 0.05) is 19.3 Å². The monoisotopic (exact) mass is 261 g/mol. The third-order valence-electron chi connectivity index (χ3n) is 4.11. The van der Waals surface area contributed by atoms with E-state index in [2.05, 4.69) is 36.9 Å². The summed E-state index contributed by atoms with van der Waals surface area (Å²) in [7, 11) is 1.88. The molecule has 19 heavy (non-hydrogen) atoms. The average Bonchev–Trinajstić information content (AvgIpc) is 2.38. The molecule has 0 saturated carbocycles. The number of likely N-dealkylation sites (N-methyl/N-ethyl adjacent to an activating group) is 1. The molecule has 1 fully saturated rings. The third-order valence-corrected chi connectivity index (χ3v) is 4.11. The van der Waals surface area contributed by atoms with Gasteiger partial charge >= 0.3 is 0 Å². The Kier molecular flexibility index (Phi) is 4.10. The smallest absolute Gasteiger partial charge is 0.242 e. The molecular formula is C15H23N3O. The molecule has 0 aromatic heterocycles. The first-order valence-electron chi connectivity index (χ1n) is 6.81. The quantitative estimate of drug-likeness (QED) is 0.892. The Morgan fingerprint density at radius 2 is 2.11 bits per heavy atom. The minimum atomic E-state index is 0.172. The van der Waals surface area contributed by atoms with E-state index in [9.17, 15) is 4.79 Å². The number of carbonyl (C=O) groups excluding carboxylic acids is 1. The van der Waals surface area contributed by atoms with Crippen LogP contribution in [0.5, 0.6) is 0 Å². The summed E-state index contributed by atoms with van der Waals surface area (Å²) in [6.07, 6.45) is 0.851. The predicted molar refractivity (Wildman–Crippen MR) is 78.4 cm³/mol. The number of amides is 1. The van der Waals surface area contributed by atoms with Crippen molar-refractivity contribution in [3.8, 4) is 0 Å². The van der Waals surface area contributed by atoms with Crippen LogP contribution in [0.15, 0.2) is 18.2 Å². The van der Waals surface area contributed by atoms with Gasteiger partial charge in [0.2, 0.25) is 5.91 Å². The SMILES string of the molecule is Cc1cccc(N2CC(=O)N(C)C(CCN)C2)c1C. The fourth-order valence-electron chi connectivity index (χ4n) is 2.66. The number of nitrogens with zero attached hydrogens (tertiary/aromatic N) is 2. The number of hydrogen-bond donors (Lipinski definition) is 1. The van der Waals surface area contributed by atoms with Crippen LogP contribution in [0.2, 0.25) is 0 Å². The topological polar surface area (TPSA) is 49.6 Å². The number of hydrogen-bond acceptors (Lipinski definition) is 3. The van der Waals surface area contributed by atoms with E-state index in [-0.39, 0.29) is 11.9 Å². The second-order valence-electron chi connectivity index (χ2n) is 5.34. The maximum atomic E-state index is 12.1. The summed E-state index contributed by atoms with van der Waals surface area (Å²) in [4.78, 5) is 16.1. The van der Waals surface area contributed by atoms with Gasteiger partial charge in [-0.3, -0.25) is 4.79 Å². The van der Waals surface area contributed by atoms with Crippen LogP contribution < -0.4 is 10.6 Å². The molecular weight excluding hydrogens is 238 g/mol. The van der Waals surface area contributed by atoms with Crippen LogP contribution in [-0.2, 0) is 4.79 Å². The van der Waals surface area contributed by atoms with Crippen molar-refractivity contribution in [1.82, 2.24) is 4.90 Å². The van der Waals surface area contributed by atoms with Gasteiger partial charge in [0.05, 0.1) is 12.6 Å². The van der Waals surface area contributed by atoms with Gasteiger partial charge in [0.15, 0.2) is 0 Å². The molecule has 4 heteroatoms. The Labute approximate surface area is 115 Å². The number of aryl methyl sites for hydroxylation is 1. The van der Waals surface area contributed by atoms with Gasteiger partial charge in [-0.25, -0.2) is 0 Å². The van der Waals surface area contributed by atoms with E-state index in [1.165, 1.54) is 16.8 Å². The zero-order chi connectivity index (χ0) is 14.0. The highest BCUT2D eigenvalue weighted by molar-refractivity contribution is 5.83. The summed E-state index contributed by atoms with van der Waals surface area (Å²) in [5, 5.41) is 0. The van der Waals surface area contributed by atoms with Crippen molar-refractivity contribution in [2.45, 2.75) is 26.3 Å². The molecule has 1 aliphatic rings. The molecule has 0 spiro atoms. The molecule has 0 aliphatic carbocycles. The van der Waals surface area contributed by atoms with Crippen LogP contribution in [-0.4, -0.2) is 43.5 Å². The van der Waals surface area contributed by atoms with Gasteiger partial charge in [-0.05, 0) is 44.0 Å². The first-order chi connectivity index (χ1) is 9.04. The van der Waals surface area contributed by atoms with E-state index in [1.54, 1.807) is 0 Å². The molecule has 1 heterocycles. The first-order valence-corrected chi connectivity index (χ1v) is 6.81. The highest BCUT2D eigenvalue weighted by Crippen LogP contribution is 2.25. The highest BCUT2D eigenvalue weighted by atomic mass is 16.2. The largest absolute Gasteiger partial charge is 0.360 e. The Morgan fingerprint density at radius 3 is 2.79 bits per heavy atom. The fraction of sp³-hybridized carbons (Fsp3) is 0.533. The summed E-state index contributed by atoms with van der Waals surface area (Å²) in [5.41, 5.74) is 9.34. The molecule has 0 radical (unpaired) electrons. The lowest BCUT2D eigenvalue weighted by atomic mass is 10.0. The summed E-state index contributed by atoms with van der Waals surface area (Å²) in [6, 6.07) is 6.47. The van der Waals surface area contributed by atoms with Crippen LogP contribution >= 0.6 is 0 Å². The maximum absolute atomic E-state index is 12.1. The average molecular weight is 261 g/mol. The summed E-state index contributed by atoms with van der Waals surface area (Å²) in [6.45, 7) is 6.16. The summed E-state index contributed by atoms with van der Waals surface area (Å²) in [5.74, 6) is 0.172. The van der Waals surface area contributed by atoms with Crippen molar-refractivity contribution in [3.05, 3.63) is 29.3 Å². The van der Waals surface area contributed by atoms with E-state index in [0.717, 1.165) is 13.0 Å². The summed E-state index contributed by atoms with van der Waals surface area (Å²) >= 11 is 0. The minimum Gasteiger partial charge on any atom is -0.360 e. The normalized spacial score (nSPS) is 20.0. The Hall–Kier alpha value is -1.55. The third kappa shape index (κ3) is 2.73. The summed E-state index contributed by atoms with van der Waals surface area (Å²) < 4.78 is 0. The highest BCUT2D eigenvalue weighted by Gasteiger charge is 2.30. The van der Waals surface area contributed by atoms with Crippen LogP contribution in [0.25, 0.3) is 0 Å². The molecule has 2 N–H and O–H groups in total. The van der Waals surface area contributed by atoms with Crippen LogP contribution in [0.4, 0.5) is 5.69 Å². The van der Waals surface area contributed by atoms with Crippen molar-refractivity contribution < 1.29 is 4.79 Å². The first kappa shape index (κ1) is 13.9. The van der Waals surface area contributed by atoms with E-state index in [4.69, 9.17) is 5.73 Å². The molecule has 1 unspecified atom stereocenters. The lowest BCUT2D eigenvalue weighted by molar-refractivity contribution is -0.132. The lowest BCUT2D eigenvalue weighted by Crippen LogP contribution is -2.55. The van der Waals surface area contributed by atoms with Gasteiger partial charge in [0.25, 0.3) is 0 Å². The minimum absolute atomic E-state index is 0.172. The van der Waals surface area contributed by atoms with Crippen molar-refractivity contribution in [3.63, 3.8) is 0 Å². The molecule has 1 amide bonds. The van der Waals surface area contributed by atoms with Crippen LogP contribution in [0.1, 0.15) is 17.5 Å². The standard InChI is InChI=1S/C15H23N3O/c1-11-5-4-6-14(12(11)2)18-9-13(7-8-16)17(3)15(19)10-18/h4-6,13H,7-10,16H2,1-3H3. The molecule has 1 aromatic carbocycles. The lowest BCUT2D eigenvalue weighted by Gasteiger charge is -2.40. The molecule has 1 aliphatic heterocycles. The molecule has 2 rings (SSSR count). The van der Waals surface area contributed by atoms with Crippen molar-refractivity contribution in [2.75, 3.05) is 31.6 Å². The van der Waals surface area contributed by atoms with Crippen molar-refractivity contribution in [1.29, 1.82) is 0 Å². The molecule has 1 atom stereocenters. The van der Waals surface area contributed by atoms with Crippen molar-refractivity contribution >= 4 is 11.6 Å². The van der Waals surface area contributed by atoms with E-state index in [1.807, 2.05) is 11.9 Å². The maximum Gasteiger partial charge on any atom is 0.242 e. The molecule has 4 nitrogen and oxygen atoms in total. The number of anilines is 1. The van der Waals surface area contributed by atoms with Gasteiger partial charge < -0.3 is 15.5 Å². The van der Waals surface area contributed by atoms with Gasteiger partial charge in [0.1, 0.15) is 0 Å². The van der Waals surface area contributed by atoms with Gasteiger partial charge in [-0.1, -0.05) is 12.1 Å². The second-order valence-corrected chi connectivity index (χ2v) is 5.34. The second kappa shape index (κ2) is 5.61. The number of nitrogens with two attached hydrogens (primary N) is 1. The van der Waals surface area contributed by atoms with E-state index < -0.39 is 0 Å². The molecule has 1 saturated heterocycles. The molecule has 1 aromatic rings.